The highest BCUT2D eigenvalue weighted by atomic mass is 79.9. The maximum absolute atomic E-state index is 10.6. The molecular weight excluding hydrogens is 334 g/mol. The summed E-state index contributed by atoms with van der Waals surface area (Å²) < 4.78 is 7.77. The van der Waals surface area contributed by atoms with Crippen molar-refractivity contribution in [1.29, 1.82) is 0 Å². The van der Waals surface area contributed by atoms with Crippen molar-refractivity contribution in [2.45, 2.75) is 5.16 Å². The van der Waals surface area contributed by atoms with Gasteiger partial charge in [0.15, 0.2) is 5.16 Å². The van der Waals surface area contributed by atoms with Crippen LogP contribution in [0.2, 0.25) is 0 Å². The molecule has 2 rings (SSSR count). The second-order valence-electron chi connectivity index (χ2n) is 3.48. The van der Waals surface area contributed by atoms with Crippen LogP contribution in [0.15, 0.2) is 34.2 Å². The molecular formula is C11H10BrN3O3S. The lowest BCUT2D eigenvalue weighted by molar-refractivity contribution is -0.133. The Morgan fingerprint density at radius 2 is 2.37 bits per heavy atom. The van der Waals surface area contributed by atoms with Gasteiger partial charge in [-0.3, -0.25) is 9.36 Å². The zero-order valence-corrected chi connectivity index (χ0v) is 12.3. The van der Waals surface area contributed by atoms with Crippen LogP contribution in [0.25, 0.3) is 5.69 Å². The minimum absolute atomic E-state index is 0.0631. The number of aromatic nitrogens is 3. The van der Waals surface area contributed by atoms with Crippen molar-refractivity contribution in [3.8, 4) is 11.4 Å². The third-order valence-corrected chi connectivity index (χ3v) is 3.84. The van der Waals surface area contributed by atoms with Crippen LogP contribution < -0.4 is 4.74 Å². The van der Waals surface area contributed by atoms with Crippen LogP contribution in [0, 0.1) is 0 Å². The average molecular weight is 344 g/mol. The molecule has 100 valence electrons. The van der Waals surface area contributed by atoms with Crippen LogP contribution in [-0.4, -0.2) is 38.7 Å². The second-order valence-corrected chi connectivity index (χ2v) is 5.28. The number of methoxy groups -OCH3 is 1. The molecule has 0 aliphatic heterocycles. The number of nitrogens with zero attached hydrogens (tertiary/aromatic N) is 3. The normalized spacial score (nSPS) is 10.4. The predicted molar refractivity (Wildman–Crippen MR) is 74.0 cm³/mol. The molecule has 0 bridgehead atoms. The van der Waals surface area contributed by atoms with E-state index in [-0.39, 0.29) is 5.75 Å². The van der Waals surface area contributed by atoms with Crippen molar-refractivity contribution in [1.82, 2.24) is 14.8 Å². The summed E-state index contributed by atoms with van der Waals surface area (Å²) in [4.78, 5) is 10.6. The standard InChI is InChI=1S/C11H10BrN3O3S/c1-18-9-4-7(2-3-8(9)12)15-6-13-14-11(15)19-5-10(16)17/h2-4,6H,5H2,1H3,(H,16,17). The summed E-state index contributed by atoms with van der Waals surface area (Å²) in [7, 11) is 1.58. The van der Waals surface area contributed by atoms with Gasteiger partial charge in [0, 0.05) is 6.07 Å². The summed E-state index contributed by atoms with van der Waals surface area (Å²) in [6, 6.07) is 5.53. The van der Waals surface area contributed by atoms with E-state index in [4.69, 9.17) is 9.84 Å². The van der Waals surface area contributed by atoms with Gasteiger partial charge in [-0.1, -0.05) is 11.8 Å². The lowest BCUT2D eigenvalue weighted by Gasteiger charge is -2.08. The van der Waals surface area contributed by atoms with Crippen LogP contribution in [0.3, 0.4) is 0 Å². The van der Waals surface area contributed by atoms with Gasteiger partial charge in [0.25, 0.3) is 0 Å². The second kappa shape index (κ2) is 6.07. The van der Waals surface area contributed by atoms with E-state index in [1.165, 1.54) is 6.33 Å². The Morgan fingerprint density at radius 1 is 1.58 bits per heavy atom. The SMILES string of the molecule is COc1cc(-n2cnnc2SCC(=O)O)ccc1Br. The van der Waals surface area contributed by atoms with Crippen molar-refractivity contribution in [3.05, 3.63) is 29.0 Å². The summed E-state index contributed by atoms with van der Waals surface area (Å²) in [6.07, 6.45) is 1.53. The quantitative estimate of drug-likeness (QED) is 0.838. The first kappa shape index (κ1) is 13.9. The molecule has 0 aliphatic rings. The first-order valence-electron chi connectivity index (χ1n) is 5.20. The Bertz CT molecular complexity index is 603. The fourth-order valence-electron chi connectivity index (χ4n) is 1.42. The molecule has 1 aromatic carbocycles. The molecule has 0 saturated heterocycles. The molecule has 0 amide bonds. The summed E-state index contributed by atoms with van der Waals surface area (Å²) in [5.74, 6) is -0.278. The highest BCUT2D eigenvalue weighted by Crippen LogP contribution is 2.28. The Morgan fingerprint density at radius 3 is 3.05 bits per heavy atom. The first-order chi connectivity index (χ1) is 9.11. The molecule has 8 heteroatoms. The third kappa shape index (κ3) is 3.27. The Labute approximate surface area is 121 Å². The topological polar surface area (TPSA) is 77.2 Å². The Hall–Kier alpha value is -1.54. The molecule has 0 radical (unpaired) electrons. The molecule has 19 heavy (non-hydrogen) atoms. The third-order valence-electron chi connectivity index (χ3n) is 2.25. The number of hydrogen-bond donors (Lipinski definition) is 1. The van der Waals surface area contributed by atoms with Gasteiger partial charge in [-0.25, -0.2) is 0 Å². The number of aliphatic carboxylic acids is 1. The average Bonchev–Trinajstić information content (AvgIpc) is 2.85. The monoisotopic (exact) mass is 343 g/mol. The molecule has 0 atom stereocenters. The van der Waals surface area contributed by atoms with Gasteiger partial charge >= 0.3 is 5.97 Å². The molecule has 1 N–H and O–H groups in total. The molecule has 0 aliphatic carbocycles. The fraction of sp³-hybridized carbons (Fsp3) is 0.182. The molecule has 2 aromatic rings. The van der Waals surface area contributed by atoms with Crippen molar-refractivity contribution in [2.75, 3.05) is 12.9 Å². The zero-order chi connectivity index (χ0) is 13.8. The lowest BCUT2D eigenvalue weighted by Crippen LogP contribution is -2.01. The van der Waals surface area contributed by atoms with Crippen LogP contribution >= 0.6 is 27.7 Å². The Kier molecular flexibility index (Phi) is 4.43. The van der Waals surface area contributed by atoms with E-state index < -0.39 is 5.97 Å². The van der Waals surface area contributed by atoms with E-state index in [9.17, 15) is 4.79 Å². The van der Waals surface area contributed by atoms with E-state index in [1.807, 2.05) is 18.2 Å². The summed E-state index contributed by atoms with van der Waals surface area (Å²) >= 11 is 4.49. The van der Waals surface area contributed by atoms with Crippen molar-refractivity contribution >= 4 is 33.7 Å². The molecule has 0 fully saturated rings. The largest absolute Gasteiger partial charge is 0.495 e. The maximum Gasteiger partial charge on any atom is 0.313 e. The summed E-state index contributed by atoms with van der Waals surface area (Å²) in [6.45, 7) is 0. The number of benzene rings is 1. The smallest absolute Gasteiger partial charge is 0.313 e. The van der Waals surface area contributed by atoms with Crippen LogP contribution in [-0.2, 0) is 4.79 Å². The molecule has 0 unspecified atom stereocenters. The molecule has 0 saturated carbocycles. The Balaban J connectivity index is 2.31. The van der Waals surface area contributed by atoms with Gasteiger partial charge in [-0.2, -0.15) is 0 Å². The highest BCUT2D eigenvalue weighted by Gasteiger charge is 2.11. The van der Waals surface area contributed by atoms with Crippen molar-refractivity contribution < 1.29 is 14.6 Å². The number of carboxylic acid groups (broad SMARTS) is 1. The minimum atomic E-state index is -0.895. The van der Waals surface area contributed by atoms with Crippen LogP contribution in [0.5, 0.6) is 5.75 Å². The zero-order valence-electron chi connectivity index (χ0n) is 9.91. The van der Waals surface area contributed by atoms with E-state index in [0.29, 0.717) is 10.9 Å². The number of carbonyl (C=O) groups is 1. The van der Waals surface area contributed by atoms with E-state index >= 15 is 0 Å². The number of ether oxygens (including phenoxy) is 1. The van der Waals surface area contributed by atoms with Crippen molar-refractivity contribution in [3.63, 3.8) is 0 Å². The molecule has 1 heterocycles. The van der Waals surface area contributed by atoms with E-state index in [2.05, 4.69) is 26.1 Å². The minimum Gasteiger partial charge on any atom is -0.495 e. The van der Waals surface area contributed by atoms with Gasteiger partial charge in [0.2, 0.25) is 0 Å². The van der Waals surface area contributed by atoms with Crippen LogP contribution in [0.1, 0.15) is 0 Å². The number of carboxylic acids is 1. The van der Waals surface area contributed by atoms with Crippen LogP contribution in [0.4, 0.5) is 0 Å². The molecule has 1 aromatic heterocycles. The van der Waals surface area contributed by atoms with Gasteiger partial charge in [-0.15, -0.1) is 10.2 Å². The predicted octanol–water partition coefficient (Wildman–Crippen LogP) is 2.22. The number of thioether (sulfide) groups is 1. The first-order valence-corrected chi connectivity index (χ1v) is 6.98. The summed E-state index contributed by atoms with van der Waals surface area (Å²) in [5, 5.41) is 16.9. The van der Waals surface area contributed by atoms with Gasteiger partial charge in [-0.05, 0) is 28.1 Å². The highest BCUT2D eigenvalue weighted by molar-refractivity contribution is 9.10. The molecule has 0 spiro atoms. The van der Waals surface area contributed by atoms with E-state index in [1.54, 1.807) is 11.7 Å². The van der Waals surface area contributed by atoms with Gasteiger partial charge in [0.1, 0.15) is 12.1 Å². The number of halogens is 1. The van der Waals surface area contributed by atoms with E-state index in [0.717, 1.165) is 21.9 Å². The van der Waals surface area contributed by atoms with Crippen molar-refractivity contribution in [2.24, 2.45) is 0 Å². The molecule has 6 nitrogen and oxygen atoms in total. The lowest BCUT2D eigenvalue weighted by atomic mass is 10.3. The van der Waals surface area contributed by atoms with Gasteiger partial charge < -0.3 is 9.84 Å². The maximum atomic E-state index is 10.6. The number of rotatable bonds is 5. The fourth-order valence-corrected chi connectivity index (χ4v) is 2.48. The number of hydrogen-bond acceptors (Lipinski definition) is 5. The summed E-state index contributed by atoms with van der Waals surface area (Å²) in [5.41, 5.74) is 0.804. The van der Waals surface area contributed by atoms with Gasteiger partial charge in [0.05, 0.1) is 23.0 Å².